The van der Waals surface area contributed by atoms with Crippen molar-refractivity contribution < 1.29 is 9.59 Å². The molecule has 3 heterocycles. The Morgan fingerprint density at radius 2 is 2.19 bits per heavy atom. The molecule has 1 atom stereocenters. The molecule has 1 unspecified atom stereocenters. The van der Waals surface area contributed by atoms with Gasteiger partial charge in [0, 0.05) is 32.6 Å². The average molecular weight is 291 g/mol. The third-order valence-corrected chi connectivity index (χ3v) is 4.24. The second-order valence-electron chi connectivity index (χ2n) is 6.32. The number of nitrogens with one attached hydrogen (secondary N) is 2. The van der Waals surface area contributed by atoms with Gasteiger partial charge in [0.15, 0.2) is 5.78 Å². The van der Waals surface area contributed by atoms with Crippen LogP contribution in [0, 0.1) is 0 Å². The van der Waals surface area contributed by atoms with E-state index in [2.05, 4.69) is 34.5 Å². The van der Waals surface area contributed by atoms with E-state index >= 15 is 0 Å². The van der Waals surface area contributed by atoms with Crippen LogP contribution in [-0.4, -0.2) is 51.2 Å². The van der Waals surface area contributed by atoms with Gasteiger partial charge in [-0.1, -0.05) is 0 Å². The Bertz CT molecular complexity index is 594. The fourth-order valence-corrected chi connectivity index (χ4v) is 3.02. The van der Waals surface area contributed by atoms with Gasteiger partial charge in [-0.15, -0.1) is 0 Å². The third-order valence-electron chi connectivity index (χ3n) is 4.24. The molecule has 1 aromatic rings. The molecule has 2 aliphatic rings. The van der Waals surface area contributed by atoms with E-state index in [9.17, 15) is 9.59 Å². The van der Waals surface area contributed by atoms with Crippen LogP contribution in [0.2, 0.25) is 0 Å². The van der Waals surface area contributed by atoms with E-state index in [1.165, 1.54) is 6.92 Å². The minimum absolute atomic E-state index is 0.0331. The number of aromatic nitrogens is 2. The van der Waals surface area contributed by atoms with Gasteiger partial charge in [0.2, 0.25) is 0 Å². The van der Waals surface area contributed by atoms with Crippen molar-refractivity contribution >= 4 is 11.8 Å². The van der Waals surface area contributed by atoms with Gasteiger partial charge in [-0.2, -0.15) is 5.10 Å². The highest BCUT2D eigenvalue weighted by Gasteiger charge is 2.42. The van der Waals surface area contributed by atoms with E-state index in [1.54, 1.807) is 0 Å². The standard InChI is InChI=1S/C14H21N5O2/c1-9(2)18-5-11-4-12(10(3)20)17-19(11)8-14(7-18)6-15-13(21)16-14/h4,9H,5-8H2,1-3H3,(H2,15,16,21). The molecule has 2 N–H and O–H groups in total. The first kappa shape index (κ1) is 14.1. The molecule has 2 aliphatic heterocycles. The fraction of sp³-hybridized carbons (Fsp3) is 0.643. The summed E-state index contributed by atoms with van der Waals surface area (Å²) >= 11 is 0. The third kappa shape index (κ3) is 2.53. The molecule has 114 valence electrons. The van der Waals surface area contributed by atoms with Gasteiger partial charge in [-0.3, -0.25) is 14.4 Å². The minimum Gasteiger partial charge on any atom is -0.336 e. The first-order valence-corrected chi connectivity index (χ1v) is 7.26. The van der Waals surface area contributed by atoms with E-state index in [-0.39, 0.29) is 17.4 Å². The molecule has 7 heteroatoms. The molecule has 3 rings (SSSR count). The molecule has 1 spiro atoms. The number of nitrogens with zero attached hydrogens (tertiary/aromatic N) is 3. The van der Waals surface area contributed by atoms with Crippen molar-refractivity contribution in [2.75, 3.05) is 13.1 Å². The maximum absolute atomic E-state index is 11.6. The summed E-state index contributed by atoms with van der Waals surface area (Å²) in [5.41, 5.74) is 1.14. The molecule has 1 saturated heterocycles. The molecule has 1 fully saturated rings. The Labute approximate surface area is 123 Å². The zero-order valence-electron chi connectivity index (χ0n) is 12.6. The monoisotopic (exact) mass is 291 g/mol. The summed E-state index contributed by atoms with van der Waals surface area (Å²) in [7, 11) is 0. The lowest BCUT2D eigenvalue weighted by atomic mass is 10.00. The van der Waals surface area contributed by atoms with Crippen molar-refractivity contribution in [1.29, 1.82) is 0 Å². The quantitative estimate of drug-likeness (QED) is 0.771. The lowest BCUT2D eigenvalue weighted by Crippen LogP contribution is -2.55. The number of urea groups is 1. The Kier molecular flexibility index (Phi) is 3.24. The Hall–Kier alpha value is -1.89. The lowest BCUT2D eigenvalue weighted by molar-refractivity contribution is 0.101. The SMILES string of the molecule is CC(=O)c1cc2n(n1)CC1(CNC(=O)N1)CN(C(C)C)C2. The highest BCUT2D eigenvalue weighted by molar-refractivity contribution is 5.92. The van der Waals surface area contributed by atoms with Gasteiger partial charge in [-0.25, -0.2) is 4.79 Å². The summed E-state index contributed by atoms with van der Waals surface area (Å²) in [4.78, 5) is 25.5. The van der Waals surface area contributed by atoms with Gasteiger partial charge in [0.25, 0.3) is 0 Å². The van der Waals surface area contributed by atoms with Crippen LogP contribution in [0.15, 0.2) is 6.07 Å². The second-order valence-corrected chi connectivity index (χ2v) is 6.32. The van der Waals surface area contributed by atoms with E-state index in [1.807, 2.05) is 10.7 Å². The fourth-order valence-electron chi connectivity index (χ4n) is 3.02. The molecule has 21 heavy (non-hydrogen) atoms. The number of Topliss-reactive ketones (excluding diaryl/α,β-unsaturated/α-hetero) is 1. The summed E-state index contributed by atoms with van der Waals surface area (Å²) in [6.45, 7) is 8.45. The molecule has 2 amide bonds. The first-order valence-electron chi connectivity index (χ1n) is 7.26. The van der Waals surface area contributed by atoms with Gasteiger partial charge >= 0.3 is 6.03 Å². The van der Waals surface area contributed by atoms with Crippen LogP contribution in [0.5, 0.6) is 0 Å². The summed E-state index contributed by atoms with van der Waals surface area (Å²) < 4.78 is 1.87. The Morgan fingerprint density at radius 3 is 2.76 bits per heavy atom. The number of fused-ring (bicyclic) bond motifs is 1. The molecule has 1 aromatic heterocycles. The molecular weight excluding hydrogens is 270 g/mol. The van der Waals surface area contributed by atoms with Crippen LogP contribution in [0.4, 0.5) is 4.79 Å². The summed E-state index contributed by atoms with van der Waals surface area (Å²) in [5.74, 6) is -0.0331. The predicted molar refractivity (Wildman–Crippen MR) is 77.0 cm³/mol. The van der Waals surface area contributed by atoms with Crippen molar-refractivity contribution in [3.63, 3.8) is 0 Å². The van der Waals surface area contributed by atoms with E-state index < -0.39 is 0 Å². The van der Waals surface area contributed by atoms with Crippen molar-refractivity contribution in [2.45, 2.75) is 45.4 Å². The van der Waals surface area contributed by atoms with Gasteiger partial charge in [0.1, 0.15) is 5.69 Å². The topological polar surface area (TPSA) is 79.3 Å². The number of carbonyl (C=O) groups is 2. The van der Waals surface area contributed by atoms with E-state index in [0.29, 0.717) is 24.8 Å². The van der Waals surface area contributed by atoms with Crippen LogP contribution < -0.4 is 10.6 Å². The number of hydrogen-bond acceptors (Lipinski definition) is 4. The summed E-state index contributed by atoms with van der Waals surface area (Å²) in [6, 6.07) is 2.07. The number of ketones is 1. The Balaban J connectivity index is 1.99. The second kappa shape index (κ2) is 4.84. The molecule has 0 aromatic carbocycles. The average Bonchev–Trinajstić information content (AvgIpc) is 2.90. The van der Waals surface area contributed by atoms with Gasteiger partial charge in [-0.05, 0) is 19.9 Å². The van der Waals surface area contributed by atoms with Crippen LogP contribution in [0.25, 0.3) is 0 Å². The molecule has 0 aliphatic carbocycles. The zero-order valence-corrected chi connectivity index (χ0v) is 12.6. The maximum Gasteiger partial charge on any atom is 0.315 e. The van der Waals surface area contributed by atoms with Crippen LogP contribution in [0.3, 0.4) is 0 Å². The highest BCUT2D eigenvalue weighted by atomic mass is 16.2. The van der Waals surface area contributed by atoms with E-state index in [4.69, 9.17) is 0 Å². The summed E-state index contributed by atoms with van der Waals surface area (Å²) in [6.07, 6.45) is 0. The maximum atomic E-state index is 11.6. The normalized spacial score (nSPS) is 25.6. The van der Waals surface area contributed by atoms with Crippen molar-refractivity contribution in [3.8, 4) is 0 Å². The number of hydrogen-bond donors (Lipinski definition) is 2. The van der Waals surface area contributed by atoms with Crippen LogP contribution in [0.1, 0.15) is 37.0 Å². The number of amides is 2. The molecule has 0 saturated carbocycles. The smallest absolute Gasteiger partial charge is 0.315 e. The molecule has 0 bridgehead atoms. The Morgan fingerprint density at radius 1 is 1.43 bits per heavy atom. The summed E-state index contributed by atoms with van der Waals surface area (Å²) in [5, 5.41) is 10.3. The number of carbonyl (C=O) groups excluding carboxylic acids is 2. The largest absolute Gasteiger partial charge is 0.336 e. The molecular formula is C14H21N5O2. The number of rotatable bonds is 2. The zero-order chi connectivity index (χ0) is 15.2. The molecule has 0 radical (unpaired) electrons. The lowest BCUT2D eigenvalue weighted by Gasteiger charge is -2.33. The first-order chi connectivity index (χ1) is 9.88. The van der Waals surface area contributed by atoms with E-state index in [0.717, 1.165) is 18.8 Å². The van der Waals surface area contributed by atoms with Crippen LogP contribution >= 0.6 is 0 Å². The minimum atomic E-state index is -0.368. The predicted octanol–water partition coefficient (Wildman–Crippen LogP) is 0.361. The molecule has 7 nitrogen and oxygen atoms in total. The van der Waals surface area contributed by atoms with Crippen molar-refractivity contribution in [3.05, 3.63) is 17.5 Å². The van der Waals surface area contributed by atoms with Gasteiger partial charge in [0.05, 0.1) is 17.8 Å². The van der Waals surface area contributed by atoms with Crippen molar-refractivity contribution in [1.82, 2.24) is 25.3 Å². The highest BCUT2D eigenvalue weighted by Crippen LogP contribution is 2.23. The van der Waals surface area contributed by atoms with Crippen LogP contribution in [-0.2, 0) is 13.1 Å². The van der Waals surface area contributed by atoms with Crippen molar-refractivity contribution in [2.24, 2.45) is 0 Å². The van der Waals surface area contributed by atoms with Gasteiger partial charge < -0.3 is 10.6 Å².